The lowest BCUT2D eigenvalue weighted by Crippen LogP contribution is -2.17. The van der Waals surface area contributed by atoms with Crippen LogP contribution in [0.1, 0.15) is 17.5 Å². The Morgan fingerprint density at radius 1 is 0.971 bits per heavy atom. The van der Waals surface area contributed by atoms with Gasteiger partial charge >= 0.3 is 12.1 Å². The summed E-state index contributed by atoms with van der Waals surface area (Å²) in [5.41, 5.74) is 1.54. The average Bonchev–Trinajstić information content (AvgIpc) is 3.44. The van der Waals surface area contributed by atoms with Gasteiger partial charge in [0, 0.05) is 29.6 Å². The van der Waals surface area contributed by atoms with Crippen molar-refractivity contribution >= 4 is 28.0 Å². The maximum atomic E-state index is 14.0. The van der Waals surface area contributed by atoms with E-state index in [0.717, 1.165) is 11.6 Å². The highest BCUT2D eigenvalue weighted by atomic mass is 19.4. The number of hydrogen-bond acceptors (Lipinski definition) is 5. The topological polar surface area (TPSA) is 88.5 Å². The van der Waals surface area contributed by atoms with Gasteiger partial charge in [0.25, 0.3) is 0 Å². The number of aromatic nitrogens is 1. The third-order valence-corrected chi connectivity index (χ3v) is 5.56. The number of carboxylic acid groups (broad SMARTS) is 1. The molecule has 0 saturated carbocycles. The predicted octanol–water partition coefficient (Wildman–Crippen LogP) is 6.49. The first-order valence-electron chi connectivity index (χ1n) is 10.8. The molecular weight excluding hydrogens is 461 g/mol. The number of nitrogens with zero attached hydrogens (tertiary/aromatic N) is 1. The van der Waals surface area contributed by atoms with E-state index in [4.69, 9.17) is 13.9 Å². The van der Waals surface area contributed by atoms with Crippen molar-refractivity contribution in [3.63, 3.8) is 0 Å². The van der Waals surface area contributed by atoms with Gasteiger partial charge in [0.15, 0.2) is 5.58 Å². The smallest absolute Gasteiger partial charge is 0.417 e. The van der Waals surface area contributed by atoms with E-state index in [0.29, 0.717) is 35.2 Å². The molecule has 0 aliphatic rings. The van der Waals surface area contributed by atoms with Gasteiger partial charge < -0.3 is 19.3 Å². The van der Waals surface area contributed by atoms with Crippen molar-refractivity contribution in [3.05, 3.63) is 77.9 Å². The van der Waals surface area contributed by atoms with E-state index >= 15 is 0 Å². The van der Waals surface area contributed by atoms with Crippen LogP contribution >= 0.6 is 0 Å². The molecule has 5 aromatic rings. The van der Waals surface area contributed by atoms with Crippen molar-refractivity contribution in [1.29, 1.82) is 0 Å². The van der Waals surface area contributed by atoms with Gasteiger partial charge in [-0.1, -0.05) is 24.3 Å². The SMILES string of the molecule is O=C(O)CCNCc1ccc2nc(-c3ccc(-c4cc5ccccc5o4)c(C(F)(F)F)c3)oc2c1. The monoisotopic (exact) mass is 480 g/mol. The number of halogens is 3. The minimum Gasteiger partial charge on any atom is -0.481 e. The molecule has 0 bridgehead atoms. The van der Waals surface area contributed by atoms with Crippen LogP contribution in [0, 0.1) is 0 Å². The first-order valence-corrected chi connectivity index (χ1v) is 10.8. The first kappa shape index (κ1) is 22.7. The summed E-state index contributed by atoms with van der Waals surface area (Å²) >= 11 is 0. The zero-order chi connectivity index (χ0) is 24.6. The van der Waals surface area contributed by atoms with Crippen LogP contribution in [0.15, 0.2) is 75.6 Å². The van der Waals surface area contributed by atoms with Crippen LogP contribution in [-0.2, 0) is 17.5 Å². The van der Waals surface area contributed by atoms with Crippen LogP contribution in [-0.4, -0.2) is 22.6 Å². The van der Waals surface area contributed by atoms with Crippen LogP contribution in [0.3, 0.4) is 0 Å². The number of para-hydroxylation sites is 1. The van der Waals surface area contributed by atoms with Crippen molar-refractivity contribution < 1.29 is 31.9 Å². The Morgan fingerprint density at radius 3 is 2.57 bits per heavy atom. The zero-order valence-electron chi connectivity index (χ0n) is 18.2. The summed E-state index contributed by atoms with van der Waals surface area (Å²) < 4.78 is 53.5. The zero-order valence-corrected chi connectivity index (χ0v) is 18.2. The number of oxazole rings is 1. The summed E-state index contributed by atoms with van der Waals surface area (Å²) in [5, 5.41) is 12.4. The van der Waals surface area contributed by atoms with Gasteiger partial charge in [-0.05, 0) is 48.0 Å². The van der Waals surface area contributed by atoms with E-state index in [-0.39, 0.29) is 29.2 Å². The molecule has 5 rings (SSSR count). The lowest BCUT2D eigenvalue weighted by atomic mass is 10.0. The fourth-order valence-corrected chi connectivity index (χ4v) is 3.87. The molecule has 0 aliphatic carbocycles. The van der Waals surface area contributed by atoms with Crippen molar-refractivity contribution in [2.45, 2.75) is 19.1 Å². The lowest BCUT2D eigenvalue weighted by Gasteiger charge is -2.12. The summed E-state index contributed by atoms with van der Waals surface area (Å²) in [6.07, 6.45) is -4.62. The molecular formula is C26H19F3N2O4. The van der Waals surface area contributed by atoms with Crippen molar-refractivity contribution in [3.8, 4) is 22.8 Å². The molecule has 0 unspecified atom stereocenters. The normalized spacial score (nSPS) is 12.0. The highest BCUT2D eigenvalue weighted by Crippen LogP contribution is 2.41. The maximum absolute atomic E-state index is 14.0. The molecule has 178 valence electrons. The molecule has 0 radical (unpaired) electrons. The van der Waals surface area contributed by atoms with Gasteiger partial charge in [-0.2, -0.15) is 13.2 Å². The number of benzene rings is 3. The number of fused-ring (bicyclic) bond motifs is 2. The minimum absolute atomic E-state index is 0.000263. The number of alkyl halides is 3. The summed E-state index contributed by atoms with van der Waals surface area (Å²) in [6.45, 7) is 0.733. The molecule has 0 aliphatic heterocycles. The second-order valence-corrected chi connectivity index (χ2v) is 8.05. The first-order chi connectivity index (χ1) is 16.8. The summed E-state index contributed by atoms with van der Waals surface area (Å²) in [4.78, 5) is 15.0. The highest BCUT2D eigenvalue weighted by molar-refractivity contribution is 5.84. The van der Waals surface area contributed by atoms with Crippen LogP contribution < -0.4 is 5.32 Å². The molecule has 2 N–H and O–H groups in total. The van der Waals surface area contributed by atoms with Crippen molar-refractivity contribution in [1.82, 2.24) is 10.3 Å². The van der Waals surface area contributed by atoms with E-state index in [2.05, 4.69) is 10.3 Å². The van der Waals surface area contributed by atoms with Crippen molar-refractivity contribution in [2.75, 3.05) is 6.54 Å². The fraction of sp³-hybridized carbons (Fsp3) is 0.154. The molecule has 0 atom stereocenters. The Hall–Kier alpha value is -4.11. The largest absolute Gasteiger partial charge is 0.481 e. The van der Waals surface area contributed by atoms with Crippen LogP contribution in [0.2, 0.25) is 0 Å². The van der Waals surface area contributed by atoms with E-state index < -0.39 is 17.7 Å². The van der Waals surface area contributed by atoms with E-state index in [1.54, 1.807) is 48.5 Å². The van der Waals surface area contributed by atoms with Crippen LogP contribution in [0.4, 0.5) is 13.2 Å². The van der Waals surface area contributed by atoms with Gasteiger partial charge in [-0.25, -0.2) is 4.98 Å². The molecule has 0 amide bonds. The second-order valence-electron chi connectivity index (χ2n) is 8.05. The fourth-order valence-electron chi connectivity index (χ4n) is 3.87. The molecule has 0 spiro atoms. The number of nitrogens with one attached hydrogen (secondary N) is 1. The summed E-state index contributed by atoms with van der Waals surface area (Å²) in [5.74, 6) is -0.697. The predicted molar refractivity (Wildman–Crippen MR) is 124 cm³/mol. The summed E-state index contributed by atoms with van der Waals surface area (Å²) in [7, 11) is 0. The van der Waals surface area contributed by atoms with Crippen LogP contribution in [0.25, 0.3) is 44.8 Å². The van der Waals surface area contributed by atoms with Gasteiger partial charge in [0.05, 0.1) is 12.0 Å². The standard InChI is InChI=1S/C26H19F3N2O4/c27-26(28,29)19-12-17(6-7-18(19)22-13-16-3-1-2-4-21(16)34-22)25-31-20-8-5-15(11-23(20)35-25)14-30-10-9-24(32)33/h1-8,11-13,30H,9-10,14H2,(H,32,33). The Balaban J connectivity index is 1.47. The molecule has 9 heteroatoms. The third kappa shape index (κ3) is 4.76. The molecule has 2 heterocycles. The number of rotatable bonds is 7. The van der Waals surface area contributed by atoms with E-state index in [1.807, 2.05) is 0 Å². The molecule has 35 heavy (non-hydrogen) atoms. The Morgan fingerprint density at radius 2 is 1.80 bits per heavy atom. The number of carboxylic acids is 1. The van der Waals surface area contributed by atoms with Crippen LogP contribution in [0.5, 0.6) is 0 Å². The lowest BCUT2D eigenvalue weighted by molar-refractivity contribution is -0.137. The Labute approximate surface area is 197 Å². The summed E-state index contributed by atoms with van der Waals surface area (Å²) in [6, 6.07) is 17.8. The average molecular weight is 480 g/mol. The Kier molecular flexibility index (Phi) is 5.78. The van der Waals surface area contributed by atoms with Gasteiger partial charge in [0.1, 0.15) is 16.9 Å². The second kappa shape index (κ2) is 8.92. The number of hydrogen-bond donors (Lipinski definition) is 2. The minimum atomic E-state index is -4.62. The number of aliphatic carboxylic acids is 1. The maximum Gasteiger partial charge on any atom is 0.417 e. The molecule has 3 aromatic carbocycles. The van der Waals surface area contributed by atoms with E-state index in [9.17, 15) is 18.0 Å². The van der Waals surface area contributed by atoms with E-state index in [1.165, 1.54) is 12.1 Å². The third-order valence-electron chi connectivity index (χ3n) is 5.56. The van der Waals surface area contributed by atoms with Gasteiger partial charge in [-0.15, -0.1) is 0 Å². The van der Waals surface area contributed by atoms with Gasteiger partial charge in [-0.3, -0.25) is 4.79 Å². The van der Waals surface area contributed by atoms with Gasteiger partial charge in [0.2, 0.25) is 5.89 Å². The quantitative estimate of drug-likeness (QED) is 0.259. The highest BCUT2D eigenvalue weighted by Gasteiger charge is 2.35. The molecule has 0 fully saturated rings. The molecule has 2 aromatic heterocycles. The number of furan rings is 1. The number of carbonyl (C=O) groups is 1. The van der Waals surface area contributed by atoms with Crippen molar-refractivity contribution in [2.24, 2.45) is 0 Å². The molecule has 0 saturated heterocycles. The molecule has 6 nitrogen and oxygen atoms in total. The Bertz CT molecular complexity index is 1500.